The van der Waals surface area contributed by atoms with E-state index in [9.17, 15) is 0 Å². The Hall–Kier alpha value is 1.78. The molecule has 0 saturated carbocycles. The molecule has 0 atom stereocenters. The van der Waals surface area contributed by atoms with Gasteiger partial charge in [-0.2, -0.15) is 8.42 Å². The van der Waals surface area contributed by atoms with E-state index in [4.69, 9.17) is 32.5 Å². The quantitative estimate of drug-likeness (QED) is 0.342. The SMILES string of the molecule is O=C(O)O.O=S(=O)(O)O.[Ca+2].[Ce].[H-].[H-]. The van der Waals surface area contributed by atoms with Crippen molar-refractivity contribution < 1.29 is 77.1 Å². The summed E-state index contributed by atoms with van der Waals surface area (Å²) in [5.41, 5.74) is 0. The topological polar surface area (TPSA) is 132 Å². The van der Waals surface area contributed by atoms with Crippen LogP contribution in [0.25, 0.3) is 0 Å². The molecule has 0 rings (SSSR count). The summed E-state index contributed by atoms with van der Waals surface area (Å²) in [5, 5.41) is 13.9. The molecule has 7 nitrogen and oxygen atoms in total. The van der Waals surface area contributed by atoms with E-state index in [0.717, 1.165) is 0 Å². The number of rotatable bonds is 0. The first-order valence-corrected chi connectivity index (χ1v) is 2.75. The molecule has 0 spiro atoms. The van der Waals surface area contributed by atoms with Crippen molar-refractivity contribution in [3.63, 3.8) is 0 Å². The smallest absolute Gasteiger partial charge is 1.00 e. The van der Waals surface area contributed by atoms with Crippen LogP contribution in [0.2, 0.25) is 0 Å². The maximum Gasteiger partial charge on any atom is 2.00 e. The van der Waals surface area contributed by atoms with Gasteiger partial charge in [-0.3, -0.25) is 9.11 Å². The maximum atomic E-state index is 8.74. The normalized spacial score (nSPS) is 7.45. The zero-order valence-electron chi connectivity index (χ0n) is 7.13. The minimum atomic E-state index is -4.67. The summed E-state index contributed by atoms with van der Waals surface area (Å²) in [5.74, 6) is 0. The summed E-state index contributed by atoms with van der Waals surface area (Å²) in [6.45, 7) is 0. The molecule has 0 radical (unpaired) electrons. The number of hydrogen-bond donors (Lipinski definition) is 4. The van der Waals surface area contributed by atoms with Crippen LogP contribution in [0.4, 0.5) is 4.79 Å². The van der Waals surface area contributed by atoms with E-state index in [1.807, 2.05) is 0 Å². The van der Waals surface area contributed by atoms with Crippen LogP contribution in [0, 0.1) is 41.7 Å². The van der Waals surface area contributed by atoms with Crippen LogP contribution in [0.3, 0.4) is 0 Å². The molecule has 0 amide bonds. The standard InChI is InChI=1S/CH2O3.Ca.Ce.H2O4S.2H/c2-1(3)4;;;1-5(2,3)4;;/h(H2,2,3,4);;;(H2,1,2,3,4);;/q;+2;;;2*-1. The first-order chi connectivity index (χ1) is 3.73. The van der Waals surface area contributed by atoms with Crippen molar-refractivity contribution in [2.75, 3.05) is 0 Å². The van der Waals surface area contributed by atoms with Crippen LogP contribution in [0.15, 0.2) is 0 Å². The fourth-order valence-corrected chi connectivity index (χ4v) is 0. The predicted molar refractivity (Wildman–Crippen MR) is 32.8 cm³/mol. The minimum absolute atomic E-state index is 0. The Balaban J connectivity index is -0.0000000146. The average Bonchev–Trinajstić information content (AvgIpc) is 1.19. The summed E-state index contributed by atoms with van der Waals surface area (Å²) in [6.07, 6.45) is -1.83. The Morgan fingerprint density at radius 2 is 1.18 bits per heavy atom. The molecule has 0 aliphatic carbocycles. The molecule has 0 aromatic heterocycles. The van der Waals surface area contributed by atoms with E-state index < -0.39 is 16.6 Å². The van der Waals surface area contributed by atoms with Gasteiger partial charge in [0.25, 0.3) is 0 Å². The van der Waals surface area contributed by atoms with Gasteiger partial charge in [-0.15, -0.1) is 0 Å². The molecule has 0 fully saturated rings. The summed E-state index contributed by atoms with van der Waals surface area (Å²) >= 11 is 0. The predicted octanol–water partition coefficient (Wildman–Crippen LogP) is -0.586. The molecule has 64 valence electrons. The van der Waals surface area contributed by atoms with Gasteiger partial charge >= 0.3 is 54.3 Å². The van der Waals surface area contributed by atoms with Crippen molar-refractivity contribution in [1.82, 2.24) is 0 Å². The summed E-state index contributed by atoms with van der Waals surface area (Å²) in [4.78, 5) is 8.56. The molecule has 0 aliphatic rings. The molecule has 0 aliphatic heterocycles. The van der Waals surface area contributed by atoms with E-state index >= 15 is 0 Å². The monoisotopic (exact) mass is 342 g/mol. The van der Waals surface area contributed by atoms with Crippen molar-refractivity contribution in [3.8, 4) is 0 Å². The third kappa shape index (κ3) is 357. The molecule has 0 bridgehead atoms. The summed E-state index contributed by atoms with van der Waals surface area (Å²) in [6, 6.07) is 0. The molecule has 11 heavy (non-hydrogen) atoms. The first-order valence-electron chi connectivity index (χ1n) is 1.35. The Labute approximate surface area is 129 Å². The number of carbonyl (C=O) groups is 1. The molecule has 0 heterocycles. The van der Waals surface area contributed by atoms with Crippen molar-refractivity contribution in [1.29, 1.82) is 0 Å². The molecular weight excluding hydrogens is 336 g/mol. The largest absolute Gasteiger partial charge is 2.00 e. The number of carboxylic acid groups (broad SMARTS) is 2. The second kappa shape index (κ2) is 11.8. The summed E-state index contributed by atoms with van der Waals surface area (Å²) in [7, 11) is -4.67. The van der Waals surface area contributed by atoms with Gasteiger partial charge in [0.1, 0.15) is 0 Å². The Morgan fingerprint density at radius 1 is 1.18 bits per heavy atom. The molecule has 0 saturated heterocycles. The van der Waals surface area contributed by atoms with E-state index in [-0.39, 0.29) is 82.3 Å². The molecular formula is CH6CaCeO7S. The van der Waals surface area contributed by atoms with Gasteiger partial charge < -0.3 is 13.1 Å². The van der Waals surface area contributed by atoms with E-state index in [2.05, 4.69) is 0 Å². The van der Waals surface area contributed by atoms with E-state index in [0.29, 0.717) is 0 Å². The van der Waals surface area contributed by atoms with Gasteiger partial charge in [0.2, 0.25) is 0 Å². The maximum absolute atomic E-state index is 8.74. The first kappa shape index (κ1) is 23.0. The van der Waals surface area contributed by atoms with Gasteiger partial charge in [0, 0.05) is 41.7 Å². The zero-order valence-corrected chi connectivity index (χ0v) is 11.3. The van der Waals surface area contributed by atoms with E-state index in [1.54, 1.807) is 0 Å². The van der Waals surface area contributed by atoms with Crippen LogP contribution in [0.5, 0.6) is 0 Å². The van der Waals surface area contributed by atoms with Crippen LogP contribution >= 0.6 is 0 Å². The van der Waals surface area contributed by atoms with Crippen LogP contribution < -0.4 is 0 Å². The Kier molecular flexibility index (Phi) is 24.6. The van der Waals surface area contributed by atoms with Crippen molar-refractivity contribution in [2.45, 2.75) is 0 Å². The minimum Gasteiger partial charge on any atom is -1.00 e. The molecule has 4 N–H and O–H groups in total. The van der Waals surface area contributed by atoms with Crippen LogP contribution in [0.1, 0.15) is 2.85 Å². The van der Waals surface area contributed by atoms with Gasteiger partial charge in [-0.25, -0.2) is 4.79 Å². The van der Waals surface area contributed by atoms with Crippen molar-refractivity contribution in [3.05, 3.63) is 0 Å². The van der Waals surface area contributed by atoms with Crippen LogP contribution in [-0.4, -0.2) is 71.6 Å². The Morgan fingerprint density at radius 3 is 1.18 bits per heavy atom. The summed E-state index contributed by atoms with van der Waals surface area (Å²) < 4.78 is 31.6. The molecule has 0 aromatic rings. The van der Waals surface area contributed by atoms with Crippen LogP contribution in [-0.2, 0) is 10.4 Å². The van der Waals surface area contributed by atoms with Gasteiger partial charge in [-0.1, -0.05) is 0 Å². The third-order valence-corrected chi connectivity index (χ3v) is 0. The van der Waals surface area contributed by atoms with E-state index in [1.165, 1.54) is 0 Å². The number of hydrogen-bond acceptors (Lipinski definition) is 3. The third-order valence-electron chi connectivity index (χ3n) is 0. The molecule has 0 aromatic carbocycles. The Bertz CT molecular complexity index is 169. The van der Waals surface area contributed by atoms with Crippen molar-refractivity contribution in [2.24, 2.45) is 0 Å². The van der Waals surface area contributed by atoms with Gasteiger partial charge in [0.05, 0.1) is 0 Å². The van der Waals surface area contributed by atoms with Gasteiger partial charge in [-0.05, 0) is 0 Å². The second-order valence-electron chi connectivity index (χ2n) is 0.730. The molecule has 10 heteroatoms. The van der Waals surface area contributed by atoms with Gasteiger partial charge in [0.15, 0.2) is 0 Å². The average molecular weight is 342 g/mol. The second-order valence-corrected chi connectivity index (χ2v) is 1.63. The molecule has 0 unspecified atom stereocenters. The fourth-order valence-electron chi connectivity index (χ4n) is 0. The zero-order chi connectivity index (χ0) is 8.08. The van der Waals surface area contributed by atoms with Crippen molar-refractivity contribution >= 4 is 54.3 Å². The fraction of sp³-hybridized carbons (Fsp3) is 0.